The highest BCUT2D eigenvalue weighted by Crippen LogP contribution is 2.20. The van der Waals surface area contributed by atoms with Crippen LogP contribution in [0.2, 0.25) is 0 Å². The van der Waals surface area contributed by atoms with Gasteiger partial charge in [-0.1, -0.05) is 0 Å². The topological polar surface area (TPSA) is 113 Å². The number of morpholine rings is 1. The van der Waals surface area contributed by atoms with Gasteiger partial charge in [0, 0.05) is 39.3 Å². The van der Waals surface area contributed by atoms with Crippen LogP contribution in [0.4, 0.5) is 0 Å². The molecule has 2 aliphatic rings. The summed E-state index contributed by atoms with van der Waals surface area (Å²) in [5, 5.41) is 8.88. The monoisotopic (exact) mass is 378 g/mol. The Balaban J connectivity index is 1.90. The van der Waals surface area contributed by atoms with Gasteiger partial charge in [0.05, 0.1) is 19.0 Å². The number of carboxylic acid groups (broad SMARTS) is 1. The van der Waals surface area contributed by atoms with Crippen LogP contribution in [0.25, 0.3) is 0 Å². The van der Waals surface area contributed by atoms with Gasteiger partial charge in [0.1, 0.15) is 6.54 Å². The largest absolute Gasteiger partial charge is 0.480 e. The second-order valence-electron chi connectivity index (χ2n) is 6.54. The lowest BCUT2D eigenvalue weighted by atomic mass is 9.96. The molecule has 0 bridgehead atoms. The molecular formula is C15H26N2O7S. The van der Waals surface area contributed by atoms with Crippen LogP contribution in [0.1, 0.15) is 19.3 Å². The van der Waals surface area contributed by atoms with Crippen molar-refractivity contribution < 1.29 is 32.6 Å². The van der Waals surface area contributed by atoms with E-state index < -0.39 is 28.6 Å². The molecule has 0 aliphatic carbocycles. The third-order valence-electron chi connectivity index (χ3n) is 4.48. The van der Waals surface area contributed by atoms with Crippen molar-refractivity contribution in [2.24, 2.45) is 5.92 Å². The van der Waals surface area contributed by atoms with Crippen LogP contribution >= 0.6 is 0 Å². The number of aliphatic carboxylic acids is 1. The van der Waals surface area contributed by atoms with Crippen LogP contribution in [0, 0.1) is 5.92 Å². The van der Waals surface area contributed by atoms with Crippen molar-refractivity contribution in [3.05, 3.63) is 0 Å². The molecule has 0 aromatic rings. The molecule has 2 aliphatic heterocycles. The Hall–Kier alpha value is -1.23. The fourth-order valence-electron chi connectivity index (χ4n) is 3.08. The lowest BCUT2D eigenvalue weighted by molar-refractivity contribution is -0.142. The van der Waals surface area contributed by atoms with Gasteiger partial charge in [0.25, 0.3) is 0 Å². The highest BCUT2D eigenvalue weighted by atomic mass is 32.2. The van der Waals surface area contributed by atoms with E-state index in [1.54, 1.807) is 4.90 Å². The van der Waals surface area contributed by atoms with E-state index in [1.165, 1.54) is 0 Å². The number of amides is 1. The zero-order chi connectivity index (χ0) is 18.4. The van der Waals surface area contributed by atoms with E-state index in [9.17, 15) is 18.0 Å². The van der Waals surface area contributed by atoms with Crippen molar-refractivity contribution in [3.8, 4) is 0 Å². The molecule has 1 unspecified atom stereocenters. The molecule has 0 aromatic carbocycles. The number of carboxylic acids is 1. The van der Waals surface area contributed by atoms with Crippen LogP contribution < -0.4 is 0 Å². The van der Waals surface area contributed by atoms with Gasteiger partial charge >= 0.3 is 5.97 Å². The first-order chi connectivity index (χ1) is 11.8. The number of carbonyl (C=O) groups is 2. The van der Waals surface area contributed by atoms with E-state index in [2.05, 4.69) is 0 Å². The maximum Gasteiger partial charge on any atom is 0.318 e. The van der Waals surface area contributed by atoms with Crippen molar-refractivity contribution in [2.75, 3.05) is 52.3 Å². The summed E-state index contributed by atoms with van der Waals surface area (Å²) in [6, 6.07) is 0. The number of rotatable bonds is 7. The molecule has 2 heterocycles. The van der Waals surface area contributed by atoms with Gasteiger partial charge in [0.2, 0.25) is 15.9 Å². The summed E-state index contributed by atoms with van der Waals surface area (Å²) in [5.41, 5.74) is 0. The Morgan fingerprint density at radius 1 is 1.24 bits per heavy atom. The van der Waals surface area contributed by atoms with Gasteiger partial charge in [-0.2, -0.15) is 4.31 Å². The van der Waals surface area contributed by atoms with Crippen molar-refractivity contribution in [1.29, 1.82) is 0 Å². The van der Waals surface area contributed by atoms with E-state index in [1.807, 2.05) is 0 Å². The Bertz CT molecular complexity index is 574. The summed E-state index contributed by atoms with van der Waals surface area (Å²) in [6.07, 6.45) is 2.65. The molecule has 1 atom stereocenters. The summed E-state index contributed by atoms with van der Waals surface area (Å²) < 4.78 is 35.2. The van der Waals surface area contributed by atoms with E-state index in [0.29, 0.717) is 38.7 Å². The molecule has 0 aromatic heterocycles. The Morgan fingerprint density at radius 2 is 1.92 bits per heavy atom. The zero-order valence-electron chi connectivity index (χ0n) is 14.4. The minimum Gasteiger partial charge on any atom is -0.480 e. The number of ether oxygens (including phenoxy) is 2. The van der Waals surface area contributed by atoms with Crippen LogP contribution in [0.15, 0.2) is 0 Å². The van der Waals surface area contributed by atoms with E-state index in [0.717, 1.165) is 23.4 Å². The predicted molar refractivity (Wildman–Crippen MR) is 88.5 cm³/mol. The predicted octanol–water partition coefficient (Wildman–Crippen LogP) is -0.623. The minimum atomic E-state index is -3.66. The third kappa shape index (κ3) is 6.53. The zero-order valence-corrected chi connectivity index (χ0v) is 15.2. The van der Waals surface area contributed by atoms with Gasteiger partial charge in [-0.05, 0) is 18.8 Å². The SMILES string of the molecule is CS(=O)(=O)N(CC(=O)O)CC1CN(C(=O)CC2CCOCC2)CCO1. The average molecular weight is 378 g/mol. The fourth-order valence-corrected chi connectivity index (χ4v) is 3.86. The number of sulfonamides is 1. The molecule has 1 amide bonds. The average Bonchev–Trinajstić information content (AvgIpc) is 2.54. The lowest BCUT2D eigenvalue weighted by Crippen LogP contribution is -2.51. The quantitative estimate of drug-likeness (QED) is 0.628. The Kier molecular flexibility index (Phi) is 7.17. The van der Waals surface area contributed by atoms with E-state index in [4.69, 9.17) is 14.6 Å². The molecule has 0 radical (unpaired) electrons. The molecule has 2 fully saturated rings. The molecule has 2 rings (SSSR count). The van der Waals surface area contributed by atoms with Gasteiger partial charge in [-0.15, -0.1) is 0 Å². The number of hydrogen-bond acceptors (Lipinski definition) is 6. The van der Waals surface area contributed by atoms with Gasteiger partial charge in [-0.25, -0.2) is 8.42 Å². The van der Waals surface area contributed by atoms with Crippen LogP contribution in [0.5, 0.6) is 0 Å². The molecule has 0 spiro atoms. The normalized spacial score (nSPS) is 23.0. The minimum absolute atomic E-state index is 0.0318. The molecule has 1 N–H and O–H groups in total. The van der Waals surface area contributed by atoms with E-state index >= 15 is 0 Å². The number of nitrogens with zero attached hydrogens (tertiary/aromatic N) is 2. The number of hydrogen-bond donors (Lipinski definition) is 1. The molecule has 10 heteroatoms. The van der Waals surface area contributed by atoms with Crippen molar-refractivity contribution in [3.63, 3.8) is 0 Å². The highest BCUT2D eigenvalue weighted by Gasteiger charge is 2.30. The molecule has 144 valence electrons. The van der Waals surface area contributed by atoms with E-state index in [-0.39, 0.29) is 19.0 Å². The molecular weight excluding hydrogens is 352 g/mol. The maximum absolute atomic E-state index is 12.5. The highest BCUT2D eigenvalue weighted by molar-refractivity contribution is 7.88. The summed E-state index contributed by atoms with van der Waals surface area (Å²) in [7, 11) is -3.66. The standard InChI is InChI=1S/C15H26N2O7S/c1-25(21,22)17(11-15(19)20)10-13-9-16(4-7-24-13)14(18)8-12-2-5-23-6-3-12/h12-13H,2-11H2,1H3,(H,19,20). The first kappa shape index (κ1) is 20.1. The summed E-state index contributed by atoms with van der Waals surface area (Å²) in [5.74, 6) is -0.875. The number of carbonyl (C=O) groups excluding carboxylic acids is 1. The van der Waals surface area contributed by atoms with Gasteiger partial charge in [0.15, 0.2) is 0 Å². The van der Waals surface area contributed by atoms with Gasteiger partial charge < -0.3 is 19.5 Å². The van der Waals surface area contributed by atoms with Crippen LogP contribution in [0.3, 0.4) is 0 Å². The third-order valence-corrected chi connectivity index (χ3v) is 5.70. The molecule has 2 saturated heterocycles. The van der Waals surface area contributed by atoms with Crippen molar-refractivity contribution in [2.45, 2.75) is 25.4 Å². The van der Waals surface area contributed by atoms with Crippen LogP contribution in [-0.2, 0) is 29.1 Å². The summed E-state index contributed by atoms with van der Waals surface area (Å²) >= 11 is 0. The van der Waals surface area contributed by atoms with Crippen molar-refractivity contribution in [1.82, 2.24) is 9.21 Å². The molecule has 25 heavy (non-hydrogen) atoms. The first-order valence-electron chi connectivity index (χ1n) is 8.39. The summed E-state index contributed by atoms with van der Waals surface area (Å²) in [6.45, 7) is 1.73. The second kappa shape index (κ2) is 8.93. The Morgan fingerprint density at radius 3 is 2.52 bits per heavy atom. The second-order valence-corrected chi connectivity index (χ2v) is 8.52. The van der Waals surface area contributed by atoms with Crippen LogP contribution in [-0.4, -0.2) is 93.0 Å². The first-order valence-corrected chi connectivity index (χ1v) is 10.2. The summed E-state index contributed by atoms with van der Waals surface area (Å²) in [4.78, 5) is 25.0. The fraction of sp³-hybridized carbons (Fsp3) is 0.867. The Labute approximate surface area is 147 Å². The molecule has 0 saturated carbocycles. The van der Waals surface area contributed by atoms with Crippen molar-refractivity contribution >= 4 is 21.9 Å². The lowest BCUT2D eigenvalue weighted by Gasteiger charge is -2.35. The maximum atomic E-state index is 12.5. The smallest absolute Gasteiger partial charge is 0.318 e. The molecule has 9 nitrogen and oxygen atoms in total. The van der Waals surface area contributed by atoms with Gasteiger partial charge in [-0.3, -0.25) is 9.59 Å².